The van der Waals surface area contributed by atoms with Crippen LogP contribution in [-0.4, -0.2) is 25.0 Å². The van der Waals surface area contributed by atoms with Crippen LogP contribution in [0.2, 0.25) is 0 Å². The van der Waals surface area contributed by atoms with E-state index < -0.39 is 0 Å². The van der Waals surface area contributed by atoms with Crippen LogP contribution in [0.5, 0.6) is 0 Å². The molecule has 0 saturated carbocycles. The molecule has 0 spiro atoms. The lowest BCUT2D eigenvalue weighted by atomic mass is 10.2. The van der Waals surface area contributed by atoms with E-state index >= 15 is 0 Å². The van der Waals surface area contributed by atoms with Crippen LogP contribution >= 0.6 is 0 Å². The van der Waals surface area contributed by atoms with Crippen molar-refractivity contribution in [3.63, 3.8) is 0 Å². The van der Waals surface area contributed by atoms with Crippen molar-refractivity contribution in [1.29, 1.82) is 0 Å². The van der Waals surface area contributed by atoms with Gasteiger partial charge in [-0.2, -0.15) is 0 Å². The lowest BCUT2D eigenvalue weighted by Gasteiger charge is -2.17. The van der Waals surface area contributed by atoms with Gasteiger partial charge in [0.05, 0.1) is 0 Å². The van der Waals surface area contributed by atoms with Crippen molar-refractivity contribution in [3.05, 3.63) is 59.7 Å². The molecule has 0 fully saturated rings. The van der Waals surface area contributed by atoms with Crippen molar-refractivity contribution in [2.45, 2.75) is 19.9 Å². The zero-order chi connectivity index (χ0) is 15.1. The summed E-state index contributed by atoms with van der Waals surface area (Å²) in [6, 6.07) is 16.6. The summed E-state index contributed by atoms with van der Waals surface area (Å²) in [5.74, 6) is 0. The number of hydrogen-bond donors (Lipinski definition) is 2. The second-order valence-corrected chi connectivity index (χ2v) is 5.58. The molecule has 0 aromatic heterocycles. The Bertz CT molecular complexity index is 552. The van der Waals surface area contributed by atoms with E-state index in [0.717, 1.165) is 37.4 Å². The first-order chi connectivity index (χ1) is 10.1. The van der Waals surface area contributed by atoms with E-state index in [9.17, 15) is 0 Å². The number of nitrogens with zero attached hydrogens (tertiary/aromatic N) is 1. The number of anilines is 2. The molecule has 0 saturated heterocycles. The molecule has 0 heterocycles. The van der Waals surface area contributed by atoms with Crippen molar-refractivity contribution in [3.8, 4) is 0 Å². The number of benzene rings is 2. The molecule has 3 nitrogen and oxygen atoms in total. The molecule has 3 N–H and O–H groups in total. The SMILES string of the molecule is Cc1ccc(N)cc1NCCCN(C)Cc1ccccc1. The molecule has 3 heteroatoms. The van der Waals surface area contributed by atoms with Crippen molar-refractivity contribution in [2.24, 2.45) is 0 Å². The summed E-state index contributed by atoms with van der Waals surface area (Å²) in [6.45, 7) is 5.13. The topological polar surface area (TPSA) is 41.3 Å². The van der Waals surface area contributed by atoms with E-state index in [2.05, 4.69) is 60.6 Å². The van der Waals surface area contributed by atoms with Crippen LogP contribution in [0.1, 0.15) is 17.5 Å². The average molecular weight is 283 g/mol. The van der Waals surface area contributed by atoms with Gasteiger partial charge in [0.15, 0.2) is 0 Å². The van der Waals surface area contributed by atoms with Crippen LogP contribution in [0.25, 0.3) is 0 Å². The molecule has 2 rings (SSSR count). The van der Waals surface area contributed by atoms with E-state index in [-0.39, 0.29) is 0 Å². The standard InChI is InChI=1S/C18H25N3/c1-15-9-10-17(19)13-18(15)20-11-6-12-21(2)14-16-7-4-3-5-8-16/h3-5,7-10,13,20H,6,11-12,14,19H2,1-2H3. The summed E-state index contributed by atoms with van der Waals surface area (Å²) in [5.41, 5.74) is 10.4. The van der Waals surface area contributed by atoms with Crippen LogP contribution in [0.15, 0.2) is 48.5 Å². The molecule has 0 aliphatic carbocycles. The van der Waals surface area contributed by atoms with Gasteiger partial charge in [-0.05, 0) is 50.2 Å². The van der Waals surface area contributed by atoms with Gasteiger partial charge >= 0.3 is 0 Å². The molecule has 0 aliphatic heterocycles. The summed E-state index contributed by atoms with van der Waals surface area (Å²) in [5, 5.41) is 3.47. The van der Waals surface area contributed by atoms with Crippen molar-refractivity contribution in [2.75, 3.05) is 31.2 Å². The molecule has 0 unspecified atom stereocenters. The molecule has 21 heavy (non-hydrogen) atoms. The van der Waals surface area contributed by atoms with Crippen molar-refractivity contribution in [1.82, 2.24) is 4.90 Å². The highest BCUT2D eigenvalue weighted by molar-refractivity contribution is 5.59. The third-order valence-electron chi connectivity index (χ3n) is 3.59. The smallest absolute Gasteiger partial charge is 0.0390 e. The highest BCUT2D eigenvalue weighted by Crippen LogP contribution is 2.17. The molecule has 2 aromatic rings. The van der Waals surface area contributed by atoms with Gasteiger partial charge in [-0.1, -0.05) is 36.4 Å². The van der Waals surface area contributed by atoms with Crippen LogP contribution in [0.4, 0.5) is 11.4 Å². The normalized spacial score (nSPS) is 10.8. The van der Waals surface area contributed by atoms with Gasteiger partial charge in [-0.3, -0.25) is 0 Å². The quantitative estimate of drug-likeness (QED) is 0.603. The fourth-order valence-corrected chi connectivity index (χ4v) is 2.38. The maximum Gasteiger partial charge on any atom is 0.0390 e. The van der Waals surface area contributed by atoms with E-state index in [1.54, 1.807) is 0 Å². The molecule has 0 atom stereocenters. The van der Waals surface area contributed by atoms with Gasteiger partial charge in [-0.15, -0.1) is 0 Å². The second-order valence-electron chi connectivity index (χ2n) is 5.58. The number of rotatable bonds is 7. The average Bonchev–Trinajstić information content (AvgIpc) is 2.48. The second kappa shape index (κ2) is 7.70. The zero-order valence-corrected chi connectivity index (χ0v) is 13.0. The maximum absolute atomic E-state index is 5.82. The van der Waals surface area contributed by atoms with E-state index in [0.29, 0.717) is 0 Å². The Morgan fingerprint density at radius 1 is 1.10 bits per heavy atom. The van der Waals surface area contributed by atoms with Crippen LogP contribution in [0, 0.1) is 6.92 Å². The molecule has 0 amide bonds. The molecule has 0 radical (unpaired) electrons. The Hall–Kier alpha value is -2.00. The molecule has 2 aromatic carbocycles. The van der Waals surface area contributed by atoms with Gasteiger partial charge in [0.1, 0.15) is 0 Å². The first kappa shape index (κ1) is 15.4. The lowest BCUT2D eigenvalue weighted by Crippen LogP contribution is -2.21. The van der Waals surface area contributed by atoms with Gasteiger partial charge in [0, 0.05) is 24.5 Å². The molecular formula is C18H25N3. The predicted molar refractivity (Wildman–Crippen MR) is 91.5 cm³/mol. The number of nitrogens with one attached hydrogen (secondary N) is 1. The van der Waals surface area contributed by atoms with Crippen molar-refractivity contribution < 1.29 is 0 Å². The third-order valence-corrected chi connectivity index (χ3v) is 3.59. The van der Waals surface area contributed by atoms with Gasteiger partial charge < -0.3 is 16.0 Å². The number of nitrogen functional groups attached to an aromatic ring is 1. The fraction of sp³-hybridized carbons (Fsp3) is 0.333. The Balaban J connectivity index is 1.71. The van der Waals surface area contributed by atoms with E-state index in [1.807, 2.05) is 12.1 Å². The monoisotopic (exact) mass is 283 g/mol. The Morgan fingerprint density at radius 3 is 2.62 bits per heavy atom. The Morgan fingerprint density at radius 2 is 1.86 bits per heavy atom. The fourth-order valence-electron chi connectivity index (χ4n) is 2.38. The largest absolute Gasteiger partial charge is 0.399 e. The number of nitrogens with two attached hydrogens (primary N) is 1. The van der Waals surface area contributed by atoms with E-state index in [4.69, 9.17) is 5.73 Å². The molecular weight excluding hydrogens is 258 g/mol. The Labute approximate surface area is 127 Å². The highest BCUT2D eigenvalue weighted by Gasteiger charge is 2.01. The summed E-state index contributed by atoms with van der Waals surface area (Å²) < 4.78 is 0. The first-order valence-electron chi connectivity index (χ1n) is 7.47. The lowest BCUT2D eigenvalue weighted by molar-refractivity contribution is 0.325. The summed E-state index contributed by atoms with van der Waals surface area (Å²) in [4.78, 5) is 2.35. The van der Waals surface area contributed by atoms with Crippen molar-refractivity contribution >= 4 is 11.4 Å². The van der Waals surface area contributed by atoms with Crippen LogP contribution in [-0.2, 0) is 6.54 Å². The predicted octanol–water partition coefficient (Wildman–Crippen LogP) is 3.51. The highest BCUT2D eigenvalue weighted by atomic mass is 15.1. The summed E-state index contributed by atoms with van der Waals surface area (Å²) >= 11 is 0. The zero-order valence-electron chi connectivity index (χ0n) is 13.0. The number of aryl methyl sites for hydroxylation is 1. The Kier molecular flexibility index (Phi) is 5.64. The van der Waals surface area contributed by atoms with Gasteiger partial charge in [0.25, 0.3) is 0 Å². The summed E-state index contributed by atoms with van der Waals surface area (Å²) in [7, 11) is 2.17. The molecule has 112 valence electrons. The van der Waals surface area contributed by atoms with Gasteiger partial charge in [0.2, 0.25) is 0 Å². The van der Waals surface area contributed by atoms with Crippen LogP contribution < -0.4 is 11.1 Å². The minimum absolute atomic E-state index is 0.810. The van der Waals surface area contributed by atoms with Crippen LogP contribution in [0.3, 0.4) is 0 Å². The summed E-state index contributed by atoms with van der Waals surface area (Å²) in [6.07, 6.45) is 1.11. The van der Waals surface area contributed by atoms with E-state index in [1.165, 1.54) is 11.1 Å². The third kappa shape index (κ3) is 5.12. The first-order valence-corrected chi connectivity index (χ1v) is 7.47. The minimum atomic E-state index is 0.810. The molecule has 0 bridgehead atoms. The maximum atomic E-state index is 5.82. The molecule has 0 aliphatic rings. The van der Waals surface area contributed by atoms with Gasteiger partial charge in [-0.25, -0.2) is 0 Å². The number of hydrogen-bond acceptors (Lipinski definition) is 3. The minimum Gasteiger partial charge on any atom is -0.399 e.